The van der Waals surface area contributed by atoms with Gasteiger partial charge in [-0.25, -0.2) is 4.98 Å². The van der Waals surface area contributed by atoms with Gasteiger partial charge < -0.3 is 44.6 Å². The van der Waals surface area contributed by atoms with Gasteiger partial charge in [-0.05, 0) is 74.2 Å². The van der Waals surface area contributed by atoms with E-state index in [0.29, 0.717) is 17.1 Å². The van der Waals surface area contributed by atoms with Crippen LogP contribution in [0.25, 0.3) is 0 Å². The van der Waals surface area contributed by atoms with Crippen LogP contribution < -0.4 is 55.7 Å². The number of H-pyrrole nitrogens is 2. The zero-order chi connectivity index (χ0) is 39.3. The van der Waals surface area contributed by atoms with E-state index in [4.69, 9.17) is 22.9 Å². The van der Waals surface area contributed by atoms with Crippen molar-refractivity contribution in [1.82, 2.24) is 19.9 Å². The van der Waals surface area contributed by atoms with Crippen molar-refractivity contribution in [3.8, 4) is 0 Å². The number of nitrogens with two attached hydrogens (primary N) is 5. The molecule has 2 aromatic carbocycles. The van der Waals surface area contributed by atoms with Gasteiger partial charge in [0.05, 0.1) is 23.9 Å². The molecule has 4 rings (SSSR count). The fraction of sp³-hybridized carbons (Fsp3) is 0.250. The molecule has 278 valence electrons. The first kappa shape index (κ1) is 41.8. The van der Waals surface area contributed by atoms with Crippen LogP contribution in [-0.2, 0) is 20.4 Å². The van der Waals surface area contributed by atoms with Gasteiger partial charge >= 0.3 is 0 Å². The van der Waals surface area contributed by atoms with E-state index >= 15 is 0 Å². The van der Waals surface area contributed by atoms with E-state index in [1.807, 2.05) is 64.1 Å². The predicted molar refractivity (Wildman–Crippen MR) is 198 cm³/mol. The number of carbonyl (C=O) groups is 4. The SMILES string of the molecule is CCS(=O)c1nc(Nc2cc(C)cc(C)c2)c(C(N)=O)c(=O)[nH]1.Cc1cc(C)cc(Nc2nc(NCC(N)=O)[nH]c(=O)c2C(N)=O)c1.NCC(N)=O. The second kappa shape index (κ2) is 19.1. The molecule has 15 N–H and O–H groups in total. The Morgan fingerprint density at radius 2 is 1.10 bits per heavy atom. The van der Waals surface area contributed by atoms with Crippen LogP contribution in [-0.4, -0.2) is 66.6 Å². The number of aromatic nitrogens is 4. The highest BCUT2D eigenvalue weighted by molar-refractivity contribution is 7.84. The maximum absolute atomic E-state index is 12.1. The number of hydrogen-bond donors (Lipinski definition) is 10. The zero-order valence-corrected chi connectivity index (χ0v) is 29.9. The molecule has 0 aliphatic rings. The fourth-order valence-electron chi connectivity index (χ4n) is 4.43. The van der Waals surface area contributed by atoms with Gasteiger partial charge in [-0.1, -0.05) is 19.1 Å². The Morgan fingerprint density at radius 1 is 0.692 bits per heavy atom. The minimum absolute atomic E-state index is 0.00282. The third-order valence-electron chi connectivity index (χ3n) is 6.39. The summed E-state index contributed by atoms with van der Waals surface area (Å²) in [5, 5.41) is 8.42. The smallest absolute Gasteiger partial charge is 0.267 e. The van der Waals surface area contributed by atoms with E-state index in [2.05, 4.69) is 41.6 Å². The molecule has 19 nitrogen and oxygen atoms in total. The van der Waals surface area contributed by atoms with E-state index in [1.165, 1.54) is 0 Å². The molecule has 1 atom stereocenters. The second-order valence-corrected chi connectivity index (χ2v) is 12.7. The van der Waals surface area contributed by atoms with Crippen molar-refractivity contribution in [3.05, 3.63) is 90.5 Å². The molecule has 0 aliphatic carbocycles. The molecule has 52 heavy (non-hydrogen) atoms. The lowest BCUT2D eigenvalue weighted by Gasteiger charge is -2.12. The second-order valence-electron chi connectivity index (χ2n) is 11.1. The molecular weight excluding hydrogens is 696 g/mol. The maximum atomic E-state index is 12.1. The van der Waals surface area contributed by atoms with Gasteiger partial charge in [0.25, 0.3) is 22.9 Å². The molecule has 2 aromatic heterocycles. The fourth-order valence-corrected chi connectivity index (χ4v) is 5.10. The molecule has 4 aromatic rings. The molecule has 0 bridgehead atoms. The summed E-state index contributed by atoms with van der Waals surface area (Å²) in [6, 6.07) is 11.3. The average Bonchev–Trinajstić information content (AvgIpc) is 3.02. The minimum Gasteiger partial charge on any atom is -0.369 e. The van der Waals surface area contributed by atoms with Gasteiger partial charge in [-0.15, -0.1) is 0 Å². The first-order valence-corrected chi connectivity index (χ1v) is 16.6. The summed E-state index contributed by atoms with van der Waals surface area (Å²) >= 11 is 0. The molecule has 20 heteroatoms. The quantitative estimate of drug-likeness (QED) is 0.0851. The number of amides is 4. The van der Waals surface area contributed by atoms with Crippen molar-refractivity contribution < 1.29 is 23.4 Å². The number of hydrogen-bond acceptors (Lipinski definition) is 13. The van der Waals surface area contributed by atoms with Gasteiger partial charge in [-0.2, -0.15) is 4.98 Å². The van der Waals surface area contributed by atoms with Crippen molar-refractivity contribution in [2.75, 3.05) is 34.8 Å². The van der Waals surface area contributed by atoms with Crippen LogP contribution in [0.5, 0.6) is 0 Å². The summed E-state index contributed by atoms with van der Waals surface area (Å²) in [6.07, 6.45) is 0. The van der Waals surface area contributed by atoms with Crippen molar-refractivity contribution in [3.63, 3.8) is 0 Å². The maximum Gasteiger partial charge on any atom is 0.267 e. The van der Waals surface area contributed by atoms with Crippen LogP contribution in [0, 0.1) is 27.7 Å². The van der Waals surface area contributed by atoms with Crippen molar-refractivity contribution in [1.29, 1.82) is 0 Å². The summed E-state index contributed by atoms with van der Waals surface area (Å²) in [6.45, 7) is 9.11. The van der Waals surface area contributed by atoms with Gasteiger partial charge in [-0.3, -0.25) is 42.9 Å². The molecule has 2 heterocycles. The highest BCUT2D eigenvalue weighted by Gasteiger charge is 2.19. The molecule has 4 amide bonds. The molecule has 0 fully saturated rings. The predicted octanol–water partition coefficient (Wildman–Crippen LogP) is -0.0864. The molecule has 0 radical (unpaired) electrons. The van der Waals surface area contributed by atoms with E-state index in [0.717, 1.165) is 22.3 Å². The van der Waals surface area contributed by atoms with Gasteiger partial charge in [0, 0.05) is 17.1 Å². The lowest BCUT2D eigenvalue weighted by atomic mass is 10.1. The van der Waals surface area contributed by atoms with Gasteiger partial charge in [0.15, 0.2) is 11.6 Å². The first-order valence-electron chi connectivity index (χ1n) is 15.3. The Bertz CT molecular complexity index is 2070. The van der Waals surface area contributed by atoms with Crippen molar-refractivity contribution in [2.24, 2.45) is 28.7 Å². The number of aromatic amines is 2. The lowest BCUT2D eigenvalue weighted by Crippen LogP contribution is -2.29. The summed E-state index contributed by atoms with van der Waals surface area (Å²) in [7, 11) is -1.46. The zero-order valence-electron chi connectivity index (χ0n) is 29.1. The number of primary amides is 4. The van der Waals surface area contributed by atoms with Gasteiger partial charge in [0.2, 0.25) is 22.9 Å². The molecule has 0 saturated heterocycles. The van der Waals surface area contributed by atoms with Crippen LogP contribution in [0.2, 0.25) is 0 Å². The Balaban J connectivity index is 0.000000319. The van der Waals surface area contributed by atoms with E-state index in [9.17, 15) is 33.0 Å². The number of nitrogens with one attached hydrogen (secondary N) is 5. The molecule has 0 saturated carbocycles. The molecular formula is C32H42N12O7S. The number of benzene rings is 2. The number of carbonyl (C=O) groups excluding carboxylic acids is 4. The lowest BCUT2D eigenvalue weighted by molar-refractivity contribution is -0.117. The monoisotopic (exact) mass is 738 g/mol. The number of anilines is 5. The van der Waals surface area contributed by atoms with E-state index in [1.54, 1.807) is 6.92 Å². The number of rotatable bonds is 12. The van der Waals surface area contributed by atoms with Crippen LogP contribution in [0.15, 0.2) is 51.1 Å². The number of nitrogens with zero attached hydrogens (tertiary/aromatic N) is 2. The Hall–Kier alpha value is -6.41. The highest BCUT2D eigenvalue weighted by atomic mass is 32.2. The summed E-state index contributed by atoms with van der Waals surface area (Å²) in [5.41, 5.74) is 28.1. The van der Waals surface area contributed by atoms with E-state index < -0.39 is 45.5 Å². The van der Waals surface area contributed by atoms with Crippen LogP contribution in [0.1, 0.15) is 49.9 Å². The largest absolute Gasteiger partial charge is 0.369 e. The Kier molecular flexibility index (Phi) is 15.3. The van der Waals surface area contributed by atoms with E-state index in [-0.39, 0.29) is 47.0 Å². The third kappa shape index (κ3) is 12.8. The van der Waals surface area contributed by atoms with Crippen molar-refractivity contribution >= 4 is 63.4 Å². The van der Waals surface area contributed by atoms with Crippen LogP contribution >= 0.6 is 0 Å². The highest BCUT2D eigenvalue weighted by Crippen LogP contribution is 2.21. The van der Waals surface area contributed by atoms with Crippen molar-refractivity contribution in [2.45, 2.75) is 39.8 Å². The number of aryl methyl sites for hydroxylation is 4. The van der Waals surface area contributed by atoms with Crippen LogP contribution in [0.4, 0.5) is 29.0 Å². The average molecular weight is 739 g/mol. The van der Waals surface area contributed by atoms with Gasteiger partial charge in [0.1, 0.15) is 11.1 Å². The topological polar surface area (TPSA) is 343 Å². The van der Waals surface area contributed by atoms with Crippen LogP contribution in [0.3, 0.4) is 0 Å². The summed E-state index contributed by atoms with van der Waals surface area (Å²) in [5.74, 6) is -2.63. The normalized spacial score (nSPS) is 10.7. The Labute approximate surface area is 300 Å². The molecule has 0 aliphatic heterocycles. The first-order chi connectivity index (χ1) is 24.3. The third-order valence-corrected chi connectivity index (χ3v) is 7.54. The Morgan fingerprint density at radius 3 is 1.46 bits per heavy atom. The summed E-state index contributed by atoms with van der Waals surface area (Å²) in [4.78, 5) is 80.5. The molecule has 1 unspecified atom stereocenters. The minimum atomic E-state index is -1.46. The standard InChI is InChI=1S/C15H18N6O3.C15H18N4O3S.C2H6N2O/c1-7-3-8(2)5-9(4-7)19-13-11(12(17)23)14(24)21-15(20-13)18-6-10(16)22;1-4-23(22)15-18-13(11(12(16)20)14(21)19-15)17-10-6-8(2)5-9(3)7-10;3-1-2(4)5/h3-5H,6H2,1-2H3,(H2,16,22)(H2,17,23)(H3,18,19,20,21,24);5-7H,4H2,1-3H3,(H2,16,20)(H2,17,18,19,21);1,3H2,(H2,4,5). The molecule has 0 spiro atoms. The summed E-state index contributed by atoms with van der Waals surface area (Å²) < 4.78 is 11.9.